The lowest BCUT2D eigenvalue weighted by Gasteiger charge is -2.14. The van der Waals surface area contributed by atoms with E-state index in [-0.39, 0.29) is 17.6 Å². The van der Waals surface area contributed by atoms with Crippen molar-refractivity contribution in [3.05, 3.63) is 47.5 Å². The number of halogens is 1. The smallest absolute Gasteiger partial charge is 0.264 e. The molecule has 2 amide bonds. The van der Waals surface area contributed by atoms with E-state index >= 15 is 0 Å². The fourth-order valence-corrected chi connectivity index (χ4v) is 2.78. The summed E-state index contributed by atoms with van der Waals surface area (Å²) >= 11 is 11.0. The van der Waals surface area contributed by atoms with Crippen LogP contribution in [-0.2, 0) is 9.59 Å². The highest BCUT2D eigenvalue weighted by atomic mass is 35.5. The Kier molecular flexibility index (Phi) is 9.37. The van der Waals surface area contributed by atoms with E-state index in [4.69, 9.17) is 33.3 Å². The fraction of sp³-hybridized carbons (Fsp3) is 0.286. The third-order valence-corrected chi connectivity index (χ3v) is 4.38. The summed E-state index contributed by atoms with van der Waals surface area (Å²) < 4.78 is 10.7. The summed E-state index contributed by atoms with van der Waals surface area (Å²) in [5, 5.41) is 8.96. The third kappa shape index (κ3) is 7.88. The summed E-state index contributed by atoms with van der Waals surface area (Å²) in [6, 6.07) is 11.8. The number of amides is 2. The maximum absolute atomic E-state index is 12.0. The summed E-state index contributed by atoms with van der Waals surface area (Å²) in [5.74, 6) is 0.522. The normalized spacial score (nSPS) is 10.1. The van der Waals surface area contributed by atoms with Gasteiger partial charge in [0.15, 0.2) is 11.7 Å². The number of benzene rings is 2. The third-order valence-electron chi connectivity index (χ3n) is 3.93. The zero-order chi connectivity index (χ0) is 21.9. The van der Waals surface area contributed by atoms with E-state index in [2.05, 4.69) is 16.0 Å². The highest BCUT2D eigenvalue weighted by molar-refractivity contribution is 7.80. The second-order valence-corrected chi connectivity index (χ2v) is 7.16. The van der Waals surface area contributed by atoms with Crippen molar-refractivity contribution in [3.63, 3.8) is 0 Å². The van der Waals surface area contributed by atoms with Gasteiger partial charge in [0.05, 0.1) is 12.8 Å². The van der Waals surface area contributed by atoms with E-state index in [1.165, 1.54) is 7.11 Å². The lowest BCUT2D eigenvalue weighted by atomic mass is 10.2. The van der Waals surface area contributed by atoms with Crippen LogP contribution >= 0.6 is 23.8 Å². The summed E-state index contributed by atoms with van der Waals surface area (Å²) in [7, 11) is 1.51. The lowest BCUT2D eigenvalue weighted by molar-refractivity contribution is -0.121. The molecule has 0 aliphatic heterocycles. The number of ether oxygens (including phenoxy) is 2. The molecule has 0 heterocycles. The SMILES string of the molecule is CCCCC(=O)Nc1ccc(NC(=S)NC(=O)COc2ccc(Cl)cc2)cc1OC. The maximum atomic E-state index is 12.0. The van der Waals surface area contributed by atoms with Gasteiger partial charge in [0.1, 0.15) is 11.5 Å². The molecule has 9 heteroatoms. The van der Waals surface area contributed by atoms with Crippen LogP contribution in [-0.4, -0.2) is 30.6 Å². The van der Waals surface area contributed by atoms with Crippen molar-refractivity contribution in [1.29, 1.82) is 0 Å². The van der Waals surface area contributed by atoms with Crippen LogP contribution in [0.4, 0.5) is 11.4 Å². The predicted octanol–water partition coefficient (Wildman–Crippen LogP) is 4.37. The average Bonchev–Trinajstić information content (AvgIpc) is 2.72. The van der Waals surface area contributed by atoms with Crippen LogP contribution in [0.2, 0.25) is 5.02 Å². The van der Waals surface area contributed by atoms with Crippen molar-refractivity contribution in [2.75, 3.05) is 24.4 Å². The second-order valence-electron chi connectivity index (χ2n) is 6.31. The molecule has 7 nitrogen and oxygen atoms in total. The highest BCUT2D eigenvalue weighted by Crippen LogP contribution is 2.28. The first kappa shape index (κ1) is 23.4. The minimum atomic E-state index is -0.408. The van der Waals surface area contributed by atoms with E-state index in [0.717, 1.165) is 12.8 Å². The lowest BCUT2D eigenvalue weighted by Crippen LogP contribution is -2.37. The van der Waals surface area contributed by atoms with Crippen molar-refractivity contribution in [3.8, 4) is 11.5 Å². The Morgan fingerprint density at radius 3 is 2.47 bits per heavy atom. The first-order chi connectivity index (χ1) is 14.4. The van der Waals surface area contributed by atoms with E-state index in [0.29, 0.717) is 34.3 Å². The first-order valence-corrected chi connectivity index (χ1v) is 10.2. The topological polar surface area (TPSA) is 88.7 Å². The average molecular weight is 450 g/mol. The van der Waals surface area contributed by atoms with Gasteiger partial charge in [-0.15, -0.1) is 0 Å². The molecule has 0 saturated heterocycles. The molecule has 0 atom stereocenters. The zero-order valence-corrected chi connectivity index (χ0v) is 18.4. The molecule has 160 valence electrons. The minimum Gasteiger partial charge on any atom is -0.494 e. The molecule has 0 bridgehead atoms. The Morgan fingerprint density at radius 1 is 1.07 bits per heavy atom. The number of carbonyl (C=O) groups excluding carboxylic acids is 2. The molecule has 2 rings (SSSR count). The maximum Gasteiger partial charge on any atom is 0.264 e. The number of thiocarbonyl (C=S) groups is 1. The number of anilines is 2. The molecule has 0 saturated carbocycles. The molecule has 0 aromatic heterocycles. The van der Waals surface area contributed by atoms with Gasteiger partial charge < -0.3 is 20.1 Å². The van der Waals surface area contributed by atoms with Gasteiger partial charge in [-0.25, -0.2) is 0 Å². The van der Waals surface area contributed by atoms with Gasteiger partial charge in [-0.3, -0.25) is 14.9 Å². The van der Waals surface area contributed by atoms with Crippen molar-refractivity contribution in [2.24, 2.45) is 0 Å². The fourth-order valence-electron chi connectivity index (χ4n) is 2.43. The molecule has 0 fully saturated rings. The molecule has 30 heavy (non-hydrogen) atoms. The zero-order valence-electron chi connectivity index (χ0n) is 16.8. The molecular formula is C21H24ClN3O4S. The molecule has 0 unspecified atom stereocenters. The van der Waals surface area contributed by atoms with Gasteiger partial charge in [-0.1, -0.05) is 24.9 Å². The molecule has 0 radical (unpaired) electrons. The van der Waals surface area contributed by atoms with E-state index in [9.17, 15) is 9.59 Å². The Balaban J connectivity index is 1.87. The molecule has 0 spiro atoms. The Morgan fingerprint density at radius 2 is 1.80 bits per heavy atom. The summed E-state index contributed by atoms with van der Waals surface area (Å²) in [6.45, 7) is 1.83. The van der Waals surface area contributed by atoms with Gasteiger partial charge in [0.2, 0.25) is 5.91 Å². The number of nitrogens with one attached hydrogen (secondary N) is 3. The van der Waals surface area contributed by atoms with Gasteiger partial charge in [0.25, 0.3) is 5.91 Å². The van der Waals surface area contributed by atoms with Gasteiger partial charge in [-0.05, 0) is 55.0 Å². The predicted molar refractivity (Wildman–Crippen MR) is 122 cm³/mol. The molecule has 2 aromatic rings. The van der Waals surface area contributed by atoms with Crippen LogP contribution in [0, 0.1) is 0 Å². The van der Waals surface area contributed by atoms with Crippen molar-refractivity contribution in [1.82, 2.24) is 5.32 Å². The first-order valence-electron chi connectivity index (χ1n) is 9.38. The van der Waals surface area contributed by atoms with Crippen LogP contribution in [0.5, 0.6) is 11.5 Å². The van der Waals surface area contributed by atoms with Crippen LogP contribution < -0.4 is 25.4 Å². The molecule has 0 aliphatic carbocycles. The number of hydrogen-bond acceptors (Lipinski definition) is 5. The largest absolute Gasteiger partial charge is 0.494 e. The van der Waals surface area contributed by atoms with E-state index in [1.807, 2.05) is 6.92 Å². The summed E-state index contributed by atoms with van der Waals surface area (Å²) in [4.78, 5) is 23.9. The monoisotopic (exact) mass is 449 g/mol. The number of hydrogen-bond donors (Lipinski definition) is 3. The van der Waals surface area contributed by atoms with Crippen LogP contribution in [0.15, 0.2) is 42.5 Å². The summed E-state index contributed by atoms with van der Waals surface area (Å²) in [5.41, 5.74) is 1.16. The second kappa shape index (κ2) is 12.0. The molecular weight excluding hydrogens is 426 g/mol. The quantitative estimate of drug-likeness (QED) is 0.492. The Labute approximate surface area is 186 Å². The Bertz CT molecular complexity index is 890. The van der Waals surface area contributed by atoms with E-state index < -0.39 is 5.91 Å². The van der Waals surface area contributed by atoms with E-state index in [1.54, 1.807) is 42.5 Å². The van der Waals surface area contributed by atoms with Gasteiger partial charge >= 0.3 is 0 Å². The van der Waals surface area contributed by atoms with Crippen LogP contribution in [0.1, 0.15) is 26.2 Å². The molecule has 0 aliphatic rings. The number of rotatable bonds is 9. The minimum absolute atomic E-state index is 0.0701. The summed E-state index contributed by atoms with van der Waals surface area (Å²) in [6.07, 6.45) is 2.22. The Hall–Kier alpha value is -2.84. The molecule has 2 aromatic carbocycles. The van der Waals surface area contributed by atoms with Crippen molar-refractivity contribution >= 4 is 52.1 Å². The van der Waals surface area contributed by atoms with Crippen LogP contribution in [0.3, 0.4) is 0 Å². The molecule has 3 N–H and O–H groups in total. The highest BCUT2D eigenvalue weighted by Gasteiger charge is 2.10. The van der Waals surface area contributed by atoms with Crippen molar-refractivity contribution in [2.45, 2.75) is 26.2 Å². The number of carbonyl (C=O) groups is 2. The standard InChI is InChI=1S/C21H24ClN3O4S/c1-3-4-5-19(26)24-17-11-8-15(12-18(17)28-2)23-21(30)25-20(27)13-29-16-9-6-14(22)7-10-16/h6-12H,3-5,13H2,1-2H3,(H,24,26)(H2,23,25,27,30). The van der Waals surface area contributed by atoms with Crippen LogP contribution in [0.25, 0.3) is 0 Å². The number of unbranched alkanes of at least 4 members (excludes halogenated alkanes) is 1. The number of methoxy groups -OCH3 is 1. The van der Waals surface area contributed by atoms with Gasteiger partial charge in [-0.2, -0.15) is 0 Å². The van der Waals surface area contributed by atoms with Crippen molar-refractivity contribution < 1.29 is 19.1 Å². The van der Waals surface area contributed by atoms with Gasteiger partial charge in [0, 0.05) is 23.2 Å².